The maximum Gasteiger partial charge on any atom is 0.139 e. The Bertz CT molecular complexity index is 510. The number of anilines is 1. The van der Waals surface area contributed by atoms with Gasteiger partial charge in [0.25, 0.3) is 0 Å². The zero-order chi connectivity index (χ0) is 12.3. The monoisotopic (exact) mass is 251 g/mol. The van der Waals surface area contributed by atoms with E-state index in [-0.39, 0.29) is 0 Å². The summed E-state index contributed by atoms with van der Waals surface area (Å²) in [5.74, 6) is 0.662. The molecule has 0 atom stereocenters. The molecular formula is C12H14ClN3O. The van der Waals surface area contributed by atoms with E-state index in [9.17, 15) is 0 Å². The minimum atomic E-state index is 0.606. The normalized spacial score (nSPS) is 10.3. The summed E-state index contributed by atoms with van der Waals surface area (Å²) in [5.41, 5.74) is 3.02. The molecular weight excluding hydrogens is 238 g/mol. The fraction of sp³-hybridized carbons (Fsp3) is 0.250. The summed E-state index contributed by atoms with van der Waals surface area (Å²) in [6.07, 6.45) is 1.69. The lowest BCUT2D eigenvalue weighted by Crippen LogP contribution is -2.01. The standard InChI is InChI=1S/C12H14ClN3O/c1-8-11(16-7-15-8)6-14-9-3-4-10(13)12(5-9)17-2/h3-5,7,14H,6H2,1-2H3,(H,15,16). The first-order chi connectivity index (χ1) is 8.20. The number of halogens is 1. The topological polar surface area (TPSA) is 49.9 Å². The van der Waals surface area contributed by atoms with E-state index < -0.39 is 0 Å². The number of aromatic nitrogens is 2. The number of hydrogen-bond donors (Lipinski definition) is 2. The molecule has 0 saturated carbocycles. The maximum absolute atomic E-state index is 5.95. The first-order valence-corrected chi connectivity index (χ1v) is 5.64. The highest BCUT2D eigenvalue weighted by Gasteiger charge is 2.03. The summed E-state index contributed by atoms with van der Waals surface area (Å²) in [5, 5.41) is 3.87. The molecule has 90 valence electrons. The highest BCUT2D eigenvalue weighted by molar-refractivity contribution is 6.32. The van der Waals surface area contributed by atoms with Crippen LogP contribution in [-0.2, 0) is 6.54 Å². The van der Waals surface area contributed by atoms with Crippen molar-refractivity contribution in [3.05, 3.63) is 40.9 Å². The number of nitrogens with zero attached hydrogens (tertiary/aromatic N) is 1. The quantitative estimate of drug-likeness (QED) is 0.878. The van der Waals surface area contributed by atoms with Gasteiger partial charge in [-0.2, -0.15) is 0 Å². The van der Waals surface area contributed by atoms with Crippen LogP contribution in [0.15, 0.2) is 24.5 Å². The van der Waals surface area contributed by atoms with Crippen LogP contribution in [0.25, 0.3) is 0 Å². The van der Waals surface area contributed by atoms with Crippen molar-refractivity contribution in [1.82, 2.24) is 9.97 Å². The van der Waals surface area contributed by atoms with Crippen molar-refractivity contribution in [2.24, 2.45) is 0 Å². The van der Waals surface area contributed by atoms with Gasteiger partial charge in [-0.1, -0.05) is 11.6 Å². The highest BCUT2D eigenvalue weighted by Crippen LogP contribution is 2.27. The van der Waals surface area contributed by atoms with Gasteiger partial charge in [0.15, 0.2) is 0 Å². The van der Waals surface area contributed by atoms with E-state index in [4.69, 9.17) is 16.3 Å². The third-order valence-electron chi connectivity index (χ3n) is 2.55. The molecule has 0 saturated heterocycles. The molecule has 5 heteroatoms. The van der Waals surface area contributed by atoms with Gasteiger partial charge in [0.1, 0.15) is 5.75 Å². The highest BCUT2D eigenvalue weighted by atomic mass is 35.5. The first kappa shape index (κ1) is 11.8. The average molecular weight is 252 g/mol. The van der Waals surface area contributed by atoms with E-state index in [1.165, 1.54) is 0 Å². The number of H-pyrrole nitrogens is 1. The van der Waals surface area contributed by atoms with Gasteiger partial charge in [0, 0.05) is 17.4 Å². The molecule has 2 rings (SSSR count). The predicted molar refractivity (Wildman–Crippen MR) is 68.7 cm³/mol. The number of imidazole rings is 1. The minimum absolute atomic E-state index is 0.606. The fourth-order valence-corrected chi connectivity index (χ4v) is 1.72. The number of methoxy groups -OCH3 is 1. The zero-order valence-electron chi connectivity index (χ0n) is 9.75. The van der Waals surface area contributed by atoms with E-state index in [2.05, 4.69) is 15.3 Å². The van der Waals surface area contributed by atoms with Crippen molar-refractivity contribution >= 4 is 17.3 Å². The van der Waals surface area contributed by atoms with Crippen LogP contribution in [0.3, 0.4) is 0 Å². The number of rotatable bonds is 4. The molecule has 1 aromatic heterocycles. The number of nitrogens with one attached hydrogen (secondary N) is 2. The fourth-order valence-electron chi connectivity index (χ4n) is 1.52. The molecule has 17 heavy (non-hydrogen) atoms. The minimum Gasteiger partial charge on any atom is -0.495 e. The van der Waals surface area contributed by atoms with E-state index in [0.29, 0.717) is 17.3 Å². The molecule has 0 amide bonds. The summed E-state index contributed by atoms with van der Waals surface area (Å²) >= 11 is 5.95. The van der Waals surface area contributed by atoms with Gasteiger partial charge >= 0.3 is 0 Å². The third kappa shape index (κ3) is 2.71. The SMILES string of the molecule is COc1cc(NCc2nc[nH]c2C)ccc1Cl. The lowest BCUT2D eigenvalue weighted by Gasteiger charge is -2.08. The second-order valence-electron chi connectivity index (χ2n) is 3.68. The largest absolute Gasteiger partial charge is 0.495 e. The molecule has 0 spiro atoms. The van der Waals surface area contributed by atoms with Gasteiger partial charge in [-0.25, -0.2) is 4.98 Å². The zero-order valence-corrected chi connectivity index (χ0v) is 10.5. The molecule has 0 bridgehead atoms. The van der Waals surface area contributed by atoms with Crippen LogP contribution in [0.1, 0.15) is 11.4 Å². The van der Waals surface area contributed by atoms with Crippen molar-refractivity contribution in [3.63, 3.8) is 0 Å². The van der Waals surface area contributed by atoms with E-state index in [1.807, 2.05) is 19.1 Å². The summed E-state index contributed by atoms with van der Waals surface area (Å²) in [6.45, 7) is 2.66. The summed E-state index contributed by atoms with van der Waals surface area (Å²) < 4.78 is 5.15. The average Bonchev–Trinajstić information content (AvgIpc) is 2.74. The molecule has 4 nitrogen and oxygen atoms in total. The number of aromatic amines is 1. The number of ether oxygens (including phenoxy) is 1. The Morgan fingerprint density at radius 1 is 1.47 bits per heavy atom. The van der Waals surface area contributed by atoms with E-state index >= 15 is 0 Å². The van der Waals surface area contributed by atoms with Crippen molar-refractivity contribution < 1.29 is 4.74 Å². The molecule has 0 aliphatic rings. The van der Waals surface area contributed by atoms with Gasteiger partial charge in [-0.3, -0.25) is 0 Å². The molecule has 2 N–H and O–H groups in total. The van der Waals surface area contributed by atoms with Gasteiger partial charge < -0.3 is 15.0 Å². The van der Waals surface area contributed by atoms with Crippen LogP contribution >= 0.6 is 11.6 Å². The van der Waals surface area contributed by atoms with Crippen molar-refractivity contribution in [2.75, 3.05) is 12.4 Å². The van der Waals surface area contributed by atoms with Crippen molar-refractivity contribution in [3.8, 4) is 5.75 Å². The Labute approximate surface area is 105 Å². The third-order valence-corrected chi connectivity index (χ3v) is 2.86. The molecule has 2 aromatic rings. The van der Waals surface area contributed by atoms with Crippen LogP contribution in [0.5, 0.6) is 5.75 Å². The Hall–Kier alpha value is -1.68. The van der Waals surface area contributed by atoms with Gasteiger partial charge in [-0.15, -0.1) is 0 Å². The Kier molecular flexibility index (Phi) is 3.54. The van der Waals surface area contributed by atoms with E-state index in [0.717, 1.165) is 17.1 Å². The lowest BCUT2D eigenvalue weighted by atomic mass is 10.3. The first-order valence-electron chi connectivity index (χ1n) is 5.27. The molecule has 0 fully saturated rings. The van der Waals surface area contributed by atoms with Gasteiger partial charge in [-0.05, 0) is 19.1 Å². The molecule has 0 radical (unpaired) electrons. The van der Waals surface area contributed by atoms with Crippen molar-refractivity contribution in [2.45, 2.75) is 13.5 Å². The summed E-state index contributed by atoms with van der Waals surface area (Å²) in [7, 11) is 1.60. The smallest absolute Gasteiger partial charge is 0.139 e. The number of hydrogen-bond acceptors (Lipinski definition) is 3. The molecule has 0 unspecified atom stereocenters. The Balaban J connectivity index is 2.07. The van der Waals surface area contributed by atoms with Crippen molar-refractivity contribution in [1.29, 1.82) is 0 Å². The van der Waals surface area contributed by atoms with Gasteiger partial charge in [0.05, 0.1) is 30.7 Å². The van der Waals surface area contributed by atoms with E-state index in [1.54, 1.807) is 19.5 Å². The molecule has 1 heterocycles. The molecule has 0 aliphatic carbocycles. The van der Waals surface area contributed by atoms with Crippen LogP contribution in [-0.4, -0.2) is 17.1 Å². The molecule has 0 aliphatic heterocycles. The predicted octanol–water partition coefficient (Wildman–Crippen LogP) is 2.99. The van der Waals surface area contributed by atoms with Gasteiger partial charge in [0.2, 0.25) is 0 Å². The lowest BCUT2D eigenvalue weighted by molar-refractivity contribution is 0.415. The van der Waals surface area contributed by atoms with Crippen LogP contribution in [0.2, 0.25) is 5.02 Å². The molecule has 1 aromatic carbocycles. The second-order valence-corrected chi connectivity index (χ2v) is 4.08. The second kappa shape index (κ2) is 5.10. The van der Waals surface area contributed by atoms with Crippen LogP contribution < -0.4 is 10.1 Å². The maximum atomic E-state index is 5.95. The van der Waals surface area contributed by atoms with Crippen LogP contribution in [0.4, 0.5) is 5.69 Å². The number of aryl methyl sites for hydroxylation is 1. The van der Waals surface area contributed by atoms with Crippen LogP contribution in [0, 0.1) is 6.92 Å². The summed E-state index contributed by atoms with van der Waals surface area (Å²) in [4.78, 5) is 7.26. The Morgan fingerprint density at radius 2 is 2.29 bits per heavy atom. The number of benzene rings is 1. The Morgan fingerprint density at radius 3 is 2.94 bits per heavy atom. The summed E-state index contributed by atoms with van der Waals surface area (Å²) in [6, 6.07) is 5.58.